The van der Waals surface area contributed by atoms with Crippen molar-refractivity contribution in [3.63, 3.8) is 0 Å². The third-order valence-electron chi connectivity index (χ3n) is 4.25. The highest BCUT2D eigenvalue weighted by Gasteiger charge is 2.41. The summed E-state index contributed by atoms with van der Waals surface area (Å²) in [5, 5.41) is 20.6. The van der Waals surface area contributed by atoms with Gasteiger partial charge in [0.1, 0.15) is 0 Å². The van der Waals surface area contributed by atoms with E-state index in [1.54, 1.807) is 0 Å². The first-order chi connectivity index (χ1) is 9.99. The molecule has 21 heavy (non-hydrogen) atoms. The number of fused-ring (bicyclic) bond motifs is 5. The normalized spacial score (nSPS) is 22.0. The number of halogens is 3. The second kappa shape index (κ2) is 3.84. The lowest BCUT2D eigenvalue weighted by Crippen LogP contribution is -2.01. The molecule has 0 saturated heterocycles. The third-order valence-corrected chi connectivity index (χ3v) is 4.25. The van der Waals surface area contributed by atoms with Crippen LogP contribution in [0.1, 0.15) is 29.4 Å². The van der Waals surface area contributed by atoms with Crippen LogP contribution in [0, 0.1) is 17.5 Å². The highest BCUT2D eigenvalue weighted by Crippen LogP contribution is 2.57. The van der Waals surface area contributed by atoms with Gasteiger partial charge in [-0.3, -0.25) is 0 Å². The average Bonchev–Trinajstić information content (AvgIpc) is 3.09. The molecule has 0 fully saturated rings. The number of aromatic nitrogens is 1. The van der Waals surface area contributed by atoms with Gasteiger partial charge in [-0.2, -0.15) is 0 Å². The van der Waals surface area contributed by atoms with Gasteiger partial charge < -0.3 is 10.2 Å². The van der Waals surface area contributed by atoms with Crippen LogP contribution in [0.25, 0.3) is 5.69 Å². The van der Waals surface area contributed by atoms with Gasteiger partial charge in [-0.25, -0.2) is 17.7 Å². The highest BCUT2D eigenvalue weighted by atomic mass is 19.2. The molecule has 0 amide bonds. The van der Waals surface area contributed by atoms with Crippen LogP contribution < -0.4 is 0 Å². The van der Waals surface area contributed by atoms with Crippen molar-refractivity contribution in [2.24, 2.45) is 0 Å². The standard InChI is InChI=1S/C15H10F3NO2/c16-8-4-10(18)11(5-9(8)17)19-14(20)12-6-1-2-7(3-6)13(12)15(19)21/h1-2,4-7,20-21H,3H2/t6-,7+. The molecule has 0 saturated carbocycles. The molecular formula is C15H10F3NO2. The van der Waals surface area contributed by atoms with Gasteiger partial charge in [0.2, 0.25) is 11.8 Å². The molecule has 4 rings (SSSR count). The fraction of sp³-hybridized carbons (Fsp3) is 0.200. The van der Waals surface area contributed by atoms with Crippen molar-refractivity contribution in [1.82, 2.24) is 4.57 Å². The van der Waals surface area contributed by atoms with Gasteiger partial charge in [0.05, 0.1) is 5.69 Å². The molecule has 0 unspecified atom stereocenters. The van der Waals surface area contributed by atoms with Crippen molar-refractivity contribution in [1.29, 1.82) is 0 Å². The van der Waals surface area contributed by atoms with Crippen LogP contribution in [0.3, 0.4) is 0 Å². The lowest BCUT2D eigenvalue weighted by Gasteiger charge is -2.11. The number of nitrogens with zero attached hydrogens (tertiary/aromatic N) is 1. The minimum atomic E-state index is -1.32. The van der Waals surface area contributed by atoms with Crippen molar-refractivity contribution < 1.29 is 23.4 Å². The molecule has 0 spiro atoms. The third kappa shape index (κ3) is 1.44. The summed E-state index contributed by atoms with van der Waals surface area (Å²) < 4.78 is 41.1. The Morgan fingerprint density at radius 2 is 1.38 bits per heavy atom. The lowest BCUT2D eigenvalue weighted by molar-refractivity contribution is 0.390. The molecular weight excluding hydrogens is 283 g/mol. The fourth-order valence-corrected chi connectivity index (χ4v) is 3.35. The second-order valence-electron chi connectivity index (χ2n) is 5.36. The van der Waals surface area contributed by atoms with Crippen molar-refractivity contribution >= 4 is 0 Å². The Labute approximate surface area is 117 Å². The van der Waals surface area contributed by atoms with Crippen LogP contribution in [0.2, 0.25) is 0 Å². The predicted molar refractivity (Wildman–Crippen MR) is 68.2 cm³/mol. The van der Waals surface area contributed by atoms with Gasteiger partial charge >= 0.3 is 0 Å². The van der Waals surface area contributed by atoms with E-state index in [4.69, 9.17) is 0 Å². The molecule has 2 bridgehead atoms. The summed E-state index contributed by atoms with van der Waals surface area (Å²) in [7, 11) is 0. The van der Waals surface area contributed by atoms with E-state index < -0.39 is 23.1 Å². The molecule has 108 valence electrons. The van der Waals surface area contributed by atoms with Crippen LogP contribution in [0.15, 0.2) is 24.3 Å². The summed E-state index contributed by atoms with van der Waals surface area (Å²) in [6, 6.07) is 1.01. The minimum Gasteiger partial charge on any atom is -0.494 e. The summed E-state index contributed by atoms with van der Waals surface area (Å²) in [5.41, 5.74) is 0.644. The maximum Gasteiger partial charge on any atom is 0.202 e. The molecule has 0 aliphatic heterocycles. The van der Waals surface area contributed by atoms with E-state index in [1.807, 2.05) is 12.2 Å². The largest absolute Gasteiger partial charge is 0.494 e. The number of aromatic hydroxyl groups is 2. The molecule has 1 heterocycles. The van der Waals surface area contributed by atoms with Crippen molar-refractivity contribution in [3.05, 3.63) is 52.9 Å². The quantitative estimate of drug-likeness (QED) is 0.625. The number of rotatable bonds is 1. The highest BCUT2D eigenvalue weighted by molar-refractivity contribution is 5.62. The molecule has 3 nitrogen and oxygen atoms in total. The first-order valence-corrected chi connectivity index (χ1v) is 6.48. The van der Waals surface area contributed by atoms with E-state index in [2.05, 4.69) is 0 Å². The first-order valence-electron chi connectivity index (χ1n) is 6.48. The van der Waals surface area contributed by atoms with E-state index in [0.717, 1.165) is 11.0 Å². The zero-order chi connectivity index (χ0) is 14.9. The molecule has 2 aliphatic rings. The van der Waals surface area contributed by atoms with Gasteiger partial charge in [-0.15, -0.1) is 0 Å². The smallest absolute Gasteiger partial charge is 0.202 e. The topological polar surface area (TPSA) is 45.4 Å². The van der Waals surface area contributed by atoms with E-state index in [1.165, 1.54) is 0 Å². The van der Waals surface area contributed by atoms with E-state index in [9.17, 15) is 23.4 Å². The van der Waals surface area contributed by atoms with Crippen LogP contribution in [-0.2, 0) is 0 Å². The minimum absolute atomic E-state index is 0.0366. The Kier molecular flexibility index (Phi) is 2.26. The summed E-state index contributed by atoms with van der Waals surface area (Å²) in [4.78, 5) is 0. The fourth-order valence-electron chi connectivity index (χ4n) is 3.35. The number of benzene rings is 1. The van der Waals surface area contributed by atoms with Gasteiger partial charge in [0, 0.05) is 35.1 Å². The van der Waals surface area contributed by atoms with Crippen molar-refractivity contribution in [3.8, 4) is 17.4 Å². The van der Waals surface area contributed by atoms with E-state index in [-0.39, 0.29) is 23.6 Å². The molecule has 0 radical (unpaired) electrons. The first kappa shape index (κ1) is 12.4. The van der Waals surface area contributed by atoms with Crippen LogP contribution in [0.5, 0.6) is 11.8 Å². The van der Waals surface area contributed by atoms with Crippen molar-refractivity contribution in [2.45, 2.75) is 18.3 Å². The Balaban J connectivity index is 1.98. The summed E-state index contributed by atoms with van der Waals surface area (Å²) in [5.74, 6) is -4.37. The van der Waals surface area contributed by atoms with Gasteiger partial charge in [0.15, 0.2) is 17.5 Å². The second-order valence-corrected chi connectivity index (χ2v) is 5.36. The van der Waals surface area contributed by atoms with Gasteiger partial charge in [0.25, 0.3) is 0 Å². The molecule has 6 heteroatoms. The number of allylic oxidation sites excluding steroid dienone is 2. The summed E-state index contributed by atoms with van der Waals surface area (Å²) in [6.07, 6.45) is 4.59. The number of hydrogen-bond donors (Lipinski definition) is 2. The van der Waals surface area contributed by atoms with Crippen LogP contribution in [0.4, 0.5) is 13.2 Å². The Bertz CT molecular complexity index is 774. The Hall–Kier alpha value is -2.37. The van der Waals surface area contributed by atoms with Gasteiger partial charge in [-0.1, -0.05) is 12.2 Å². The Morgan fingerprint density at radius 1 is 0.857 bits per heavy atom. The van der Waals surface area contributed by atoms with Crippen LogP contribution >= 0.6 is 0 Å². The maximum absolute atomic E-state index is 13.9. The molecule has 2 atom stereocenters. The summed E-state index contributed by atoms with van der Waals surface area (Å²) >= 11 is 0. The van der Waals surface area contributed by atoms with E-state index >= 15 is 0 Å². The number of hydrogen-bond acceptors (Lipinski definition) is 2. The average molecular weight is 293 g/mol. The predicted octanol–water partition coefficient (Wildman–Crippen LogP) is 3.45. The summed E-state index contributed by atoms with van der Waals surface area (Å²) in [6.45, 7) is 0. The SMILES string of the molecule is Oc1c2c(c(O)n1-c1cc(F)c(F)cc1F)[C@H]1C=C[C@@H]2C1. The zero-order valence-corrected chi connectivity index (χ0v) is 10.6. The van der Waals surface area contributed by atoms with Crippen LogP contribution in [-0.4, -0.2) is 14.8 Å². The Morgan fingerprint density at radius 3 is 1.95 bits per heavy atom. The van der Waals surface area contributed by atoms with E-state index in [0.29, 0.717) is 23.3 Å². The molecule has 2 aromatic rings. The van der Waals surface area contributed by atoms with Crippen molar-refractivity contribution in [2.75, 3.05) is 0 Å². The molecule has 2 aliphatic carbocycles. The lowest BCUT2D eigenvalue weighted by atomic mass is 10.0. The van der Waals surface area contributed by atoms with Gasteiger partial charge in [-0.05, 0) is 6.42 Å². The zero-order valence-electron chi connectivity index (χ0n) is 10.6. The molecule has 1 aromatic carbocycles. The monoisotopic (exact) mass is 293 g/mol. The molecule has 1 aromatic heterocycles. The molecule has 2 N–H and O–H groups in total. The maximum atomic E-state index is 13.9.